The van der Waals surface area contributed by atoms with E-state index in [9.17, 15) is 5.11 Å². The molecule has 1 fully saturated rings. The summed E-state index contributed by atoms with van der Waals surface area (Å²) in [6.07, 6.45) is 6.64. The minimum Gasteiger partial charge on any atom is -0.393 e. The number of aliphatic hydroxyl groups is 1. The lowest BCUT2D eigenvalue weighted by atomic mass is 10.1. The highest BCUT2D eigenvalue weighted by Crippen LogP contribution is 2.24. The Balaban J connectivity index is 1.74. The molecule has 108 valence electrons. The van der Waals surface area contributed by atoms with E-state index >= 15 is 0 Å². The van der Waals surface area contributed by atoms with Gasteiger partial charge in [-0.3, -0.25) is 0 Å². The van der Waals surface area contributed by atoms with Gasteiger partial charge in [0.2, 0.25) is 0 Å². The van der Waals surface area contributed by atoms with Gasteiger partial charge in [0, 0.05) is 31.5 Å². The topological polar surface area (TPSA) is 37.2 Å². The maximum atomic E-state index is 9.80. The van der Waals surface area contributed by atoms with Crippen molar-refractivity contribution in [1.29, 1.82) is 0 Å². The predicted molar refractivity (Wildman–Crippen MR) is 78.9 cm³/mol. The molecule has 1 heterocycles. The Hall–Kier alpha value is -0.800. The molecule has 19 heavy (non-hydrogen) atoms. The molecule has 2 N–H and O–H groups in total. The Kier molecular flexibility index (Phi) is 5.46. The van der Waals surface area contributed by atoms with Gasteiger partial charge in [0.15, 0.2) is 0 Å². The highest BCUT2D eigenvalue weighted by atomic mass is 16.3. The zero-order chi connectivity index (χ0) is 13.7. The Morgan fingerprint density at radius 3 is 2.95 bits per heavy atom. The number of nitrogens with one attached hydrogen (secondary N) is 1. The van der Waals surface area contributed by atoms with E-state index < -0.39 is 0 Å². The van der Waals surface area contributed by atoms with E-state index in [0.717, 1.165) is 32.0 Å². The lowest BCUT2D eigenvalue weighted by molar-refractivity contribution is 0.131. The minimum absolute atomic E-state index is 0.0831. The summed E-state index contributed by atoms with van der Waals surface area (Å²) < 4.78 is 2.35. The third-order valence-corrected chi connectivity index (χ3v) is 4.20. The van der Waals surface area contributed by atoms with Gasteiger partial charge in [0.25, 0.3) is 0 Å². The third-order valence-electron chi connectivity index (χ3n) is 4.20. The van der Waals surface area contributed by atoms with Crippen molar-refractivity contribution >= 4 is 0 Å². The summed E-state index contributed by atoms with van der Waals surface area (Å²) in [7, 11) is 0. The highest BCUT2D eigenvalue weighted by molar-refractivity contribution is 5.07. The van der Waals surface area contributed by atoms with Gasteiger partial charge in [0.05, 0.1) is 6.10 Å². The molecule has 3 heteroatoms. The molecule has 0 aromatic carbocycles. The molecule has 1 aromatic rings. The van der Waals surface area contributed by atoms with Gasteiger partial charge in [-0.25, -0.2) is 0 Å². The average Bonchev–Trinajstić information content (AvgIpc) is 2.97. The number of hydrogen-bond acceptors (Lipinski definition) is 2. The number of nitrogens with zero attached hydrogens (tertiary/aromatic N) is 1. The molecule has 2 atom stereocenters. The van der Waals surface area contributed by atoms with Gasteiger partial charge in [-0.1, -0.05) is 20.3 Å². The molecule has 0 amide bonds. The first kappa shape index (κ1) is 14.6. The van der Waals surface area contributed by atoms with Crippen molar-refractivity contribution in [1.82, 2.24) is 9.88 Å². The van der Waals surface area contributed by atoms with Crippen LogP contribution in [0.1, 0.15) is 45.2 Å². The number of aryl methyl sites for hydroxylation is 1. The van der Waals surface area contributed by atoms with Crippen LogP contribution in [0.25, 0.3) is 0 Å². The highest BCUT2D eigenvalue weighted by Gasteiger charge is 2.24. The molecule has 1 aromatic heterocycles. The zero-order valence-electron chi connectivity index (χ0n) is 12.3. The van der Waals surface area contributed by atoms with E-state index in [2.05, 4.69) is 42.1 Å². The molecule has 2 unspecified atom stereocenters. The Morgan fingerprint density at radius 1 is 1.42 bits per heavy atom. The predicted octanol–water partition coefficient (Wildman–Crippen LogP) is 2.78. The standard InChI is InChI=1S/C16H28N2O/c1-13(2)8-10-18-9-4-6-15(18)12-17-11-14-5-3-7-16(14)19/h4,6,9,13-14,16-17,19H,3,5,7-8,10-12H2,1-2H3. The van der Waals surface area contributed by atoms with Gasteiger partial charge in [-0.2, -0.15) is 0 Å². The van der Waals surface area contributed by atoms with Crippen LogP contribution in [0.2, 0.25) is 0 Å². The molecule has 1 aliphatic carbocycles. The molecule has 0 saturated heterocycles. The quantitative estimate of drug-likeness (QED) is 0.794. The summed E-state index contributed by atoms with van der Waals surface area (Å²) in [5.74, 6) is 1.20. The Labute approximate surface area is 117 Å². The van der Waals surface area contributed by atoms with E-state index in [1.54, 1.807) is 0 Å². The molecule has 3 nitrogen and oxygen atoms in total. The Morgan fingerprint density at radius 2 is 2.26 bits per heavy atom. The number of rotatable bonds is 7. The van der Waals surface area contributed by atoms with Gasteiger partial charge >= 0.3 is 0 Å². The second-order valence-corrected chi connectivity index (χ2v) is 6.26. The average molecular weight is 264 g/mol. The van der Waals surface area contributed by atoms with Crippen molar-refractivity contribution in [2.24, 2.45) is 11.8 Å². The van der Waals surface area contributed by atoms with Gasteiger partial charge < -0.3 is 15.0 Å². The fraction of sp³-hybridized carbons (Fsp3) is 0.750. The first-order valence-electron chi connectivity index (χ1n) is 7.69. The summed E-state index contributed by atoms with van der Waals surface area (Å²) >= 11 is 0. The molecular weight excluding hydrogens is 236 g/mol. The molecular formula is C16H28N2O. The summed E-state index contributed by atoms with van der Waals surface area (Å²) in [4.78, 5) is 0. The first-order valence-corrected chi connectivity index (χ1v) is 7.69. The van der Waals surface area contributed by atoms with Crippen LogP contribution in [0.3, 0.4) is 0 Å². The minimum atomic E-state index is -0.0831. The van der Waals surface area contributed by atoms with E-state index in [-0.39, 0.29) is 6.10 Å². The maximum absolute atomic E-state index is 9.80. The fourth-order valence-electron chi connectivity index (χ4n) is 2.87. The van der Waals surface area contributed by atoms with Gasteiger partial charge in [-0.05, 0) is 43.2 Å². The monoisotopic (exact) mass is 264 g/mol. The van der Waals surface area contributed by atoms with E-state index in [0.29, 0.717) is 5.92 Å². The molecule has 0 aliphatic heterocycles. The van der Waals surface area contributed by atoms with Crippen molar-refractivity contribution in [2.75, 3.05) is 6.54 Å². The smallest absolute Gasteiger partial charge is 0.0580 e. The van der Waals surface area contributed by atoms with Crippen LogP contribution in [0.4, 0.5) is 0 Å². The lowest BCUT2D eigenvalue weighted by Gasteiger charge is -2.16. The van der Waals surface area contributed by atoms with Crippen LogP contribution in [0.15, 0.2) is 18.3 Å². The van der Waals surface area contributed by atoms with Crippen LogP contribution in [0, 0.1) is 11.8 Å². The van der Waals surface area contributed by atoms with Gasteiger partial charge in [0.1, 0.15) is 0 Å². The van der Waals surface area contributed by atoms with E-state index in [4.69, 9.17) is 0 Å². The summed E-state index contributed by atoms with van der Waals surface area (Å²) in [6, 6.07) is 4.32. The number of aromatic nitrogens is 1. The van der Waals surface area contributed by atoms with E-state index in [1.165, 1.54) is 25.0 Å². The number of aliphatic hydroxyl groups excluding tert-OH is 1. The van der Waals surface area contributed by atoms with Gasteiger partial charge in [-0.15, -0.1) is 0 Å². The molecule has 1 saturated carbocycles. The lowest BCUT2D eigenvalue weighted by Crippen LogP contribution is -2.28. The first-order chi connectivity index (χ1) is 9.16. The van der Waals surface area contributed by atoms with Crippen LogP contribution < -0.4 is 5.32 Å². The Bertz CT molecular complexity index is 373. The molecule has 2 rings (SSSR count). The maximum Gasteiger partial charge on any atom is 0.0580 e. The van der Waals surface area contributed by atoms with Crippen molar-refractivity contribution in [3.05, 3.63) is 24.0 Å². The summed E-state index contributed by atoms with van der Waals surface area (Å²) in [5.41, 5.74) is 1.35. The fourth-order valence-corrected chi connectivity index (χ4v) is 2.87. The summed E-state index contributed by atoms with van der Waals surface area (Å²) in [5, 5.41) is 13.3. The molecule has 0 bridgehead atoms. The molecule has 0 radical (unpaired) electrons. The zero-order valence-corrected chi connectivity index (χ0v) is 12.3. The number of hydrogen-bond donors (Lipinski definition) is 2. The van der Waals surface area contributed by atoms with Crippen molar-refractivity contribution in [3.8, 4) is 0 Å². The molecule has 0 spiro atoms. The van der Waals surface area contributed by atoms with Crippen LogP contribution >= 0.6 is 0 Å². The van der Waals surface area contributed by atoms with Crippen molar-refractivity contribution in [2.45, 2.75) is 58.7 Å². The van der Waals surface area contributed by atoms with Crippen LogP contribution in [0.5, 0.6) is 0 Å². The summed E-state index contributed by atoms with van der Waals surface area (Å²) in [6.45, 7) is 7.49. The normalized spacial score (nSPS) is 23.4. The SMILES string of the molecule is CC(C)CCn1cccc1CNCC1CCCC1O. The largest absolute Gasteiger partial charge is 0.393 e. The van der Waals surface area contributed by atoms with Crippen molar-refractivity contribution < 1.29 is 5.11 Å². The van der Waals surface area contributed by atoms with Crippen molar-refractivity contribution in [3.63, 3.8) is 0 Å². The second-order valence-electron chi connectivity index (χ2n) is 6.26. The van der Waals surface area contributed by atoms with E-state index in [1.807, 2.05) is 0 Å². The molecule has 1 aliphatic rings. The second kappa shape index (κ2) is 7.11. The van der Waals surface area contributed by atoms with Crippen LogP contribution in [-0.2, 0) is 13.1 Å². The van der Waals surface area contributed by atoms with Crippen LogP contribution in [-0.4, -0.2) is 22.3 Å². The third kappa shape index (κ3) is 4.36.